The Morgan fingerprint density at radius 1 is 1.15 bits per heavy atom. The maximum Gasteiger partial charge on any atom is 0.242 e. The molecule has 0 saturated heterocycles. The zero-order chi connectivity index (χ0) is 23.8. The summed E-state index contributed by atoms with van der Waals surface area (Å²) in [5.41, 5.74) is 4.51. The van der Waals surface area contributed by atoms with E-state index in [0.29, 0.717) is 17.3 Å². The van der Waals surface area contributed by atoms with Crippen LogP contribution in [0.2, 0.25) is 0 Å². The van der Waals surface area contributed by atoms with Crippen molar-refractivity contribution in [1.29, 1.82) is 5.41 Å². The Balaban J connectivity index is 2.23. The van der Waals surface area contributed by atoms with Crippen LogP contribution in [0.5, 0.6) is 5.75 Å². The number of amides is 1. The first-order valence-electron chi connectivity index (χ1n) is 10.6. The molecule has 2 aromatic carbocycles. The van der Waals surface area contributed by atoms with Gasteiger partial charge in [0.1, 0.15) is 11.5 Å². The van der Waals surface area contributed by atoms with Crippen LogP contribution in [0.3, 0.4) is 0 Å². The molecule has 3 rings (SSSR count). The summed E-state index contributed by atoms with van der Waals surface area (Å²) in [7, 11) is 5.22. The number of hydrogen-bond donors (Lipinski definition) is 4. The molecule has 1 amide bonds. The first-order chi connectivity index (χ1) is 16.0. The molecule has 0 spiro atoms. The van der Waals surface area contributed by atoms with Gasteiger partial charge in [-0.2, -0.15) is 0 Å². The minimum Gasteiger partial charge on any atom is -0.493 e. The molecule has 0 aliphatic heterocycles. The predicted octanol–water partition coefficient (Wildman–Crippen LogP) is 2.53. The number of nitrogens with one attached hydrogen (secondary N) is 3. The third-order valence-corrected chi connectivity index (χ3v) is 5.23. The number of carbonyl (C=O) groups excluding carboxylic acids is 1. The maximum absolute atomic E-state index is 12.5. The molecular formula is C26H28N5O2+. The number of methoxy groups -OCH3 is 1. The third-order valence-electron chi connectivity index (χ3n) is 5.23. The van der Waals surface area contributed by atoms with Crippen LogP contribution in [0.4, 0.5) is 11.5 Å². The largest absolute Gasteiger partial charge is 0.493 e. The van der Waals surface area contributed by atoms with Gasteiger partial charge in [-0.25, -0.2) is 4.98 Å². The van der Waals surface area contributed by atoms with Crippen LogP contribution in [0, 0.1) is 17.3 Å². The van der Waals surface area contributed by atoms with Crippen LogP contribution in [-0.4, -0.2) is 44.4 Å². The number of ether oxygens (including phenoxy) is 1. The van der Waals surface area contributed by atoms with Crippen molar-refractivity contribution in [1.82, 2.24) is 10.3 Å². The molecule has 7 nitrogen and oxygen atoms in total. The number of carbonyl (C=O) groups is 1. The van der Waals surface area contributed by atoms with E-state index in [2.05, 4.69) is 27.5 Å². The van der Waals surface area contributed by atoms with Crippen molar-refractivity contribution in [2.24, 2.45) is 0 Å². The van der Waals surface area contributed by atoms with Crippen molar-refractivity contribution < 1.29 is 14.8 Å². The lowest BCUT2D eigenvalue weighted by molar-refractivity contribution is -0.538. The number of aromatic nitrogens is 1. The zero-order valence-electron chi connectivity index (χ0n) is 19.2. The molecule has 5 N–H and O–H groups in total. The first-order valence-corrected chi connectivity index (χ1v) is 10.6. The van der Waals surface area contributed by atoms with Crippen molar-refractivity contribution in [3.05, 3.63) is 71.4 Å². The highest BCUT2D eigenvalue weighted by atomic mass is 16.5. The minimum atomic E-state index is -0.392. The smallest absolute Gasteiger partial charge is 0.242 e. The van der Waals surface area contributed by atoms with Gasteiger partial charge in [-0.05, 0) is 50.2 Å². The molecule has 1 atom stereocenters. The molecule has 0 bridgehead atoms. The normalized spacial score (nSPS) is 11.2. The topological polar surface area (TPSA) is 104 Å². The Morgan fingerprint density at radius 3 is 2.55 bits per heavy atom. The molecule has 1 unspecified atom stereocenters. The van der Waals surface area contributed by atoms with Gasteiger partial charge in [0.25, 0.3) is 0 Å². The monoisotopic (exact) mass is 442 g/mol. The van der Waals surface area contributed by atoms with Crippen LogP contribution in [-0.2, 0) is 4.79 Å². The minimum absolute atomic E-state index is 0.210. The summed E-state index contributed by atoms with van der Waals surface area (Å²) >= 11 is 0. The molecule has 0 fully saturated rings. The highest BCUT2D eigenvalue weighted by Gasteiger charge is 2.21. The maximum atomic E-state index is 12.5. The lowest BCUT2D eigenvalue weighted by atomic mass is 9.99. The second kappa shape index (κ2) is 11.0. The van der Waals surface area contributed by atoms with Crippen molar-refractivity contribution >= 4 is 23.6 Å². The molecule has 0 saturated carbocycles. The molecule has 7 heteroatoms. The molecular weight excluding hydrogens is 414 g/mol. The molecule has 1 heterocycles. The average Bonchev–Trinajstić information content (AvgIpc) is 2.86. The van der Waals surface area contributed by atoms with E-state index < -0.39 is 6.04 Å². The number of likely N-dealkylation sites (N-methyl/N-ethyl adjacent to an activating group) is 1. The summed E-state index contributed by atoms with van der Waals surface area (Å²) < 4.78 is 5.76. The highest BCUT2D eigenvalue weighted by Crippen LogP contribution is 2.37. The van der Waals surface area contributed by atoms with Gasteiger partial charge in [0.05, 0.1) is 25.8 Å². The third kappa shape index (κ3) is 5.44. The fourth-order valence-electron chi connectivity index (χ4n) is 3.37. The number of rotatable bonds is 7. The molecule has 0 aliphatic carbocycles. The van der Waals surface area contributed by atoms with E-state index in [9.17, 15) is 4.79 Å². The number of benzene rings is 2. The molecule has 0 radical (unpaired) electrons. The Bertz CT molecular complexity index is 1210. The molecule has 1 aromatic heterocycles. The van der Waals surface area contributed by atoms with E-state index in [4.69, 9.17) is 10.1 Å². The molecule has 3 aromatic rings. The van der Waals surface area contributed by atoms with Gasteiger partial charge in [0.2, 0.25) is 5.91 Å². The molecule has 168 valence electrons. The Hall–Kier alpha value is -3.99. The number of anilines is 1. The molecule has 33 heavy (non-hydrogen) atoms. The highest BCUT2D eigenvalue weighted by molar-refractivity contribution is 5.96. The van der Waals surface area contributed by atoms with E-state index in [1.54, 1.807) is 27.1 Å². The number of para-hydroxylation sites is 1. The van der Waals surface area contributed by atoms with Gasteiger partial charge in [-0.15, -0.1) is 0 Å². The molecule has 0 aliphatic rings. The second-order valence-electron chi connectivity index (χ2n) is 7.29. The van der Waals surface area contributed by atoms with Gasteiger partial charge in [0, 0.05) is 22.9 Å². The van der Waals surface area contributed by atoms with Crippen LogP contribution in [0.15, 0.2) is 54.6 Å². The van der Waals surface area contributed by atoms with Crippen LogP contribution in [0.25, 0.3) is 11.1 Å². The quantitative estimate of drug-likeness (QED) is 0.256. The fourth-order valence-corrected chi connectivity index (χ4v) is 3.37. The second-order valence-corrected chi connectivity index (χ2v) is 7.29. The Kier molecular flexibility index (Phi) is 7.92. The van der Waals surface area contributed by atoms with E-state index in [1.165, 1.54) is 6.21 Å². The standard InChI is InChI=1S/C26H27N5O2/c1-17(28-2)26(32)31-23-15-21(20-12-8-11-19(16-27)24(20)29-3)25(33-4)22(30-23)14-13-18-9-6-5-7-10-18/h5-12,15-17,27-29H,1-4H3,(H,30,31,32)/p+1. The van der Waals surface area contributed by atoms with Gasteiger partial charge >= 0.3 is 0 Å². The van der Waals surface area contributed by atoms with Crippen LogP contribution >= 0.6 is 0 Å². The lowest BCUT2D eigenvalue weighted by Gasteiger charge is -2.16. The fraction of sp³-hybridized carbons (Fsp3) is 0.192. The Labute approximate surface area is 194 Å². The Morgan fingerprint density at radius 2 is 1.91 bits per heavy atom. The summed E-state index contributed by atoms with van der Waals surface area (Å²) in [6, 6.07) is 16.7. The van der Waals surface area contributed by atoms with Crippen molar-refractivity contribution in [2.75, 3.05) is 26.5 Å². The summed E-state index contributed by atoms with van der Waals surface area (Å²) in [5, 5.41) is 15.5. The SMILES string of the molecule is CNC(C)C(=O)Nc1cc(-c2cccc(C=N)c2[NH2+]C)c(OC)c(C#Cc2ccccc2)n1. The number of pyridine rings is 1. The summed E-state index contributed by atoms with van der Waals surface area (Å²) in [5.74, 6) is 6.89. The number of nitrogens with zero attached hydrogens (tertiary/aromatic N) is 1. The van der Waals surface area contributed by atoms with Crippen molar-refractivity contribution in [3.8, 4) is 28.7 Å². The zero-order valence-corrected chi connectivity index (χ0v) is 19.2. The summed E-state index contributed by atoms with van der Waals surface area (Å²) in [6.07, 6.45) is 1.32. The number of nitrogens with two attached hydrogens (primary N) is 1. The first kappa shape index (κ1) is 23.7. The summed E-state index contributed by atoms with van der Waals surface area (Å²) in [6.45, 7) is 1.77. The van der Waals surface area contributed by atoms with E-state index in [-0.39, 0.29) is 5.91 Å². The van der Waals surface area contributed by atoms with Gasteiger partial charge in [0.15, 0.2) is 11.4 Å². The van der Waals surface area contributed by atoms with Crippen molar-refractivity contribution in [3.63, 3.8) is 0 Å². The summed E-state index contributed by atoms with van der Waals surface area (Å²) in [4.78, 5) is 17.1. The van der Waals surface area contributed by atoms with Gasteiger partial charge in [-0.1, -0.05) is 30.2 Å². The number of quaternary nitrogens is 1. The van der Waals surface area contributed by atoms with Crippen molar-refractivity contribution in [2.45, 2.75) is 13.0 Å². The van der Waals surface area contributed by atoms with E-state index in [1.807, 2.05) is 60.9 Å². The predicted molar refractivity (Wildman–Crippen MR) is 131 cm³/mol. The van der Waals surface area contributed by atoms with Gasteiger partial charge in [-0.3, -0.25) is 4.79 Å². The van der Waals surface area contributed by atoms with Crippen LogP contribution < -0.4 is 20.7 Å². The van der Waals surface area contributed by atoms with E-state index in [0.717, 1.165) is 27.9 Å². The number of hydrogen-bond acceptors (Lipinski definition) is 5. The average molecular weight is 443 g/mol. The lowest BCUT2D eigenvalue weighted by Crippen LogP contribution is -2.73. The van der Waals surface area contributed by atoms with Crippen LogP contribution in [0.1, 0.15) is 23.7 Å². The van der Waals surface area contributed by atoms with Gasteiger partial charge < -0.3 is 26.1 Å². The van der Waals surface area contributed by atoms with E-state index >= 15 is 0 Å².